The Balaban J connectivity index is 2.49. The summed E-state index contributed by atoms with van der Waals surface area (Å²) in [5.41, 5.74) is 2.06. The number of carboxylic acid groups (broad SMARTS) is 1. The zero-order valence-corrected chi connectivity index (χ0v) is 14.0. The lowest BCUT2D eigenvalue weighted by Crippen LogP contribution is -2.43. The van der Waals surface area contributed by atoms with Crippen LogP contribution in [0.2, 0.25) is 0 Å². The Kier molecular flexibility index (Phi) is 7.80. The van der Waals surface area contributed by atoms with Gasteiger partial charge in [-0.1, -0.05) is 19.1 Å². The molecule has 6 heteroatoms. The van der Waals surface area contributed by atoms with Crippen molar-refractivity contribution < 1.29 is 19.4 Å². The summed E-state index contributed by atoms with van der Waals surface area (Å²) in [7, 11) is 0. The number of aliphatic carboxylic acids is 1. The van der Waals surface area contributed by atoms with Gasteiger partial charge in [-0.25, -0.2) is 4.79 Å². The summed E-state index contributed by atoms with van der Waals surface area (Å²) in [5.74, 6) is 0.830. The fraction of sp³-hybridized carbons (Fsp3) is 0.500. The lowest BCUT2D eigenvalue weighted by molar-refractivity contribution is -0.142. The van der Waals surface area contributed by atoms with Crippen LogP contribution in [0.5, 0.6) is 5.75 Å². The minimum Gasteiger partial charge on any atom is -0.483 e. The lowest BCUT2D eigenvalue weighted by Gasteiger charge is -2.15. The van der Waals surface area contributed by atoms with Crippen LogP contribution >= 0.6 is 11.8 Å². The normalized spacial score (nSPS) is 11.8. The van der Waals surface area contributed by atoms with Crippen LogP contribution in [-0.4, -0.2) is 41.1 Å². The molecule has 0 aliphatic carbocycles. The van der Waals surface area contributed by atoms with E-state index in [1.807, 2.05) is 32.9 Å². The third-order valence-corrected chi connectivity index (χ3v) is 4.23. The Morgan fingerprint density at radius 1 is 1.36 bits per heavy atom. The SMILES string of the molecule is CCSCCC(NC(=O)COc1cccc(C)c1C)C(=O)O. The van der Waals surface area contributed by atoms with Crippen molar-refractivity contribution >= 4 is 23.6 Å². The molecule has 0 heterocycles. The summed E-state index contributed by atoms with van der Waals surface area (Å²) in [6.07, 6.45) is 0.406. The summed E-state index contributed by atoms with van der Waals surface area (Å²) in [6, 6.07) is 4.75. The Bertz CT molecular complexity index is 519. The zero-order valence-electron chi connectivity index (χ0n) is 13.2. The second-order valence-electron chi connectivity index (χ2n) is 4.93. The maximum atomic E-state index is 11.9. The number of nitrogens with one attached hydrogen (secondary N) is 1. The molecule has 0 saturated carbocycles. The van der Waals surface area contributed by atoms with Crippen molar-refractivity contribution in [2.24, 2.45) is 0 Å². The second-order valence-corrected chi connectivity index (χ2v) is 6.32. The third kappa shape index (κ3) is 5.97. The summed E-state index contributed by atoms with van der Waals surface area (Å²) >= 11 is 1.65. The van der Waals surface area contributed by atoms with E-state index in [4.69, 9.17) is 9.84 Å². The van der Waals surface area contributed by atoms with Crippen LogP contribution in [0.3, 0.4) is 0 Å². The molecule has 0 bridgehead atoms. The van der Waals surface area contributed by atoms with Crippen molar-refractivity contribution in [1.82, 2.24) is 5.32 Å². The average molecular weight is 325 g/mol. The van der Waals surface area contributed by atoms with Gasteiger partial charge in [0.05, 0.1) is 0 Å². The number of aryl methyl sites for hydroxylation is 1. The molecule has 1 atom stereocenters. The fourth-order valence-electron chi connectivity index (χ4n) is 1.86. The molecule has 0 aliphatic rings. The lowest BCUT2D eigenvalue weighted by atomic mass is 10.1. The molecular formula is C16H23NO4S. The van der Waals surface area contributed by atoms with Gasteiger partial charge in [-0.2, -0.15) is 11.8 Å². The first-order valence-electron chi connectivity index (χ1n) is 7.24. The van der Waals surface area contributed by atoms with E-state index in [0.717, 1.165) is 16.9 Å². The molecular weight excluding hydrogens is 302 g/mol. The number of carbonyl (C=O) groups is 2. The van der Waals surface area contributed by atoms with Crippen molar-refractivity contribution in [3.05, 3.63) is 29.3 Å². The topological polar surface area (TPSA) is 75.6 Å². The van der Waals surface area contributed by atoms with Crippen molar-refractivity contribution in [2.75, 3.05) is 18.1 Å². The third-order valence-electron chi connectivity index (χ3n) is 3.30. The van der Waals surface area contributed by atoms with Crippen molar-refractivity contribution in [1.29, 1.82) is 0 Å². The monoisotopic (exact) mass is 325 g/mol. The molecule has 1 rings (SSSR count). The number of thioether (sulfide) groups is 1. The van der Waals surface area contributed by atoms with E-state index in [2.05, 4.69) is 5.32 Å². The Morgan fingerprint density at radius 3 is 2.73 bits per heavy atom. The highest BCUT2D eigenvalue weighted by Crippen LogP contribution is 2.20. The van der Waals surface area contributed by atoms with Gasteiger partial charge in [-0.15, -0.1) is 0 Å². The summed E-state index contributed by atoms with van der Waals surface area (Å²) in [5, 5.41) is 11.6. The molecule has 5 nitrogen and oxygen atoms in total. The molecule has 1 unspecified atom stereocenters. The second kappa shape index (κ2) is 9.35. The van der Waals surface area contributed by atoms with Gasteiger partial charge in [-0.05, 0) is 49.0 Å². The smallest absolute Gasteiger partial charge is 0.326 e. The maximum absolute atomic E-state index is 11.9. The van der Waals surface area contributed by atoms with Gasteiger partial charge in [0.15, 0.2) is 6.61 Å². The van der Waals surface area contributed by atoms with Crippen molar-refractivity contribution in [3.63, 3.8) is 0 Å². The number of ether oxygens (including phenoxy) is 1. The van der Waals surface area contributed by atoms with Crippen LogP contribution in [0.15, 0.2) is 18.2 Å². The van der Waals surface area contributed by atoms with Crippen LogP contribution in [0, 0.1) is 13.8 Å². The number of hydrogen-bond donors (Lipinski definition) is 2. The van der Waals surface area contributed by atoms with E-state index in [0.29, 0.717) is 17.9 Å². The molecule has 0 aliphatic heterocycles. The number of benzene rings is 1. The van der Waals surface area contributed by atoms with Gasteiger partial charge >= 0.3 is 5.97 Å². The van der Waals surface area contributed by atoms with Crippen LogP contribution in [0.25, 0.3) is 0 Å². The highest BCUT2D eigenvalue weighted by molar-refractivity contribution is 7.99. The standard InChI is InChI=1S/C16H23NO4S/c1-4-22-9-8-13(16(19)20)17-15(18)10-21-14-7-5-6-11(2)12(14)3/h5-7,13H,4,8-10H2,1-3H3,(H,17,18)(H,19,20). The molecule has 0 spiro atoms. The molecule has 0 fully saturated rings. The van der Waals surface area contributed by atoms with Crippen LogP contribution in [0.1, 0.15) is 24.5 Å². The van der Waals surface area contributed by atoms with Gasteiger partial charge in [0.1, 0.15) is 11.8 Å². The van der Waals surface area contributed by atoms with Crippen molar-refractivity contribution in [3.8, 4) is 5.75 Å². The van der Waals surface area contributed by atoms with E-state index in [1.165, 1.54) is 0 Å². The van der Waals surface area contributed by atoms with Gasteiger partial charge in [0.2, 0.25) is 0 Å². The van der Waals surface area contributed by atoms with Crippen LogP contribution < -0.4 is 10.1 Å². The van der Waals surface area contributed by atoms with Crippen LogP contribution in [-0.2, 0) is 9.59 Å². The van der Waals surface area contributed by atoms with Crippen molar-refractivity contribution in [2.45, 2.75) is 33.2 Å². The van der Waals surface area contributed by atoms with E-state index in [1.54, 1.807) is 17.8 Å². The van der Waals surface area contributed by atoms with E-state index < -0.39 is 17.9 Å². The molecule has 22 heavy (non-hydrogen) atoms. The summed E-state index contributed by atoms with van der Waals surface area (Å²) in [6.45, 7) is 5.71. The first kappa shape index (κ1) is 18.4. The molecule has 0 aromatic heterocycles. The van der Waals surface area contributed by atoms with Gasteiger partial charge in [0.25, 0.3) is 5.91 Å². The maximum Gasteiger partial charge on any atom is 0.326 e. The van der Waals surface area contributed by atoms with Gasteiger partial charge in [-0.3, -0.25) is 4.79 Å². The Morgan fingerprint density at radius 2 is 2.09 bits per heavy atom. The highest BCUT2D eigenvalue weighted by atomic mass is 32.2. The molecule has 0 saturated heterocycles. The van der Waals surface area contributed by atoms with E-state index in [9.17, 15) is 9.59 Å². The number of carbonyl (C=O) groups excluding carboxylic acids is 1. The quantitative estimate of drug-likeness (QED) is 0.682. The van der Waals surface area contributed by atoms with Crippen LogP contribution in [0.4, 0.5) is 0 Å². The number of carboxylic acids is 1. The first-order chi connectivity index (χ1) is 10.5. The first-order valence-corrected chi connectivity index (χ1v) is 8.40. The minimum atomic E-state index is -1.02. The molecule has 1 aromatic rings. The Hall–Kier alpha value is -1.69. The number of rotatable bonds is 9. The van der Waals surface area contributed by atoms with E-state index in [-0.39, 0.29) is 6.61 Å². The van der Waals surface area contributed by atoms with Gasteiger partial charge in [0, 0.05) is 0 Å². The largest absolute Gasteiger partial charge is 0.483 e. The van der Waals surface area contributed by atoms with E-state index >= 15 is 0 Å². The minimum absolute atomic E-state index is 0.186. The fourth-order valence-corrected chi connectivity index (χ4v) is 2.55. The zero-order chi connectivity index (χ0) is 16.5. The molecule has 1 amide bonds. The predicted molar refractivity (Wildman–Crippen MR) is 88.6 cm³/mol. The molecule has 2 N–H and O–H groups in total. The predicted octanol–water partition coefficient (Wildman–Crippen LogP) is 2.39. The molecule has 122 valence electrons. The summed E-state index contributed by atoms with van der Waals surface area (Å²) in [4.78, 5) is 23.0. The average Bonchev–Trinajstić information content (AvgIpc) is 2.47. The molecule has 0 radical (unpaired) electrons. The number of amides is 1. The Labute approximate surface area is 135 Å². The van der Waals surface area contributed by atoms with Gasteiger partial charge < -0.3 is 15.2 Å². The molecule has 1 aromatic carbocycles. The number of hydrogen-bond acceptors (Lipinski definition) is 4. The summed E-state index contributed by atoms with van der Waals surface area (Å²) < 4.78 is 5.48. The highest BCUT2D eigenvalue weighted by Gasteiger charge is 2.19.